The van der Waals surface area contributed by atoms with Crippen LogP contribution in [0.1, 0.15) is 5.56 Å². The molecule has 0 saturated carbocycles. The summed E-state index contributed by atoms with van der Waals surface area (Å²) in [4.78, 5) is 22.9. The van der Waals surface area contributed by atoms with Crippen LogP contribution in [0.15, 0.2) is 48.7 Å². The number of hydrogen-bond acceptors (Lipinski definition) is 9. The number of piperazine rings is 1. The van der Waals surface area contributed by atoms with Crippen LogP contribution in [0.4, 0.5) is 17.5 Å². The monoisotopic (exact) mass is 565 g/mol. The molecule has 2 aromatic carbocycles. The number of benzene rings is 2. The van der Waals surface area contributed by atoms with Gasteiger partial charge in [-0.15, -0.1) is 37.2 Å². The van der Waals surface area contributed by atoms with Gasteiger partial charge in [0.1, 0.15) is 0 Å². The van der Waals surface area contributed by atoms with Crippen LogP contribution in [0.5, 0.6) is 11.5 Å². The van der Waals surface area contributed by atoms with Crippen molar-refractivity contribution in [3.63, 3.8) is 0 Å². The van der Waals surface area contributed by atoms with Gasteiger partial charge in [-0.05, 0) is 37.3 Å². The van der Waals surface area contributed by atoms with E-state index in [2.05, 4.69) is 55.9 Å². The maximum absolute atomic E-state index is 6.03. The van der Waals surface area contributed by atoms with Gasteiger partial charge in [-0.25, -0.2) is 9.97 Å². The highest BCUT2D eigenvalue weighted by Crippen LogP contribution is 2.33. The van der Waals surface area contributed by atoms with E-state index in [-0.39, 0.29) is 43.2 Å². The lowest BCUT2D eigenvalue weighted by atomic mass is 10.1. The lowest BCUT2D eigenvalue weighted by molar-refractivity contribution is 0.355. The summed E-state index contributed by atoms with van der Waals surface area (Å²) in [5.74, 6) is 2.18. The van der Waals surface area contributed by atoms with Gasteiger partial charge >= 0.3 is 0 Å². The van der Waals surface area contributed by atoms with Crippen molar-refractivity contribution in [2.45, 2.75) is 6.92 Å². The average molecular weight is 567 g/mol. The highest BCUT2D eigenvalue weighted by molar-refractivity contribution is 5.86. The van der Waals surface area contributed by atoms with Crippen LogP contribution in [0.25, 0.3) is 22.4 Å². The Morgan fingerprint density at radius 2 is 1.43 bits per heavy atom. The molecule has 2 aromatic heterocycles. The molecule has 3 heterocycles. The normalized spacial score (nSPS) is 12.7. The summed E-state index contributed by atoms with van der Waals surface area (Å²) in [6, 6.07) is 14.3. The molecule has 0 radical (unpaired) electrons. The number of aryl methyl sites for hydroxylation is 1. The lowest BCUT2D eigenvalue weighted by Gasteiger charge is -2.36. The molecule has 1 aliphatic heterocycles. The third-order valence-corrected chi connectivity index (χ3v) is 6.06. The second-order valence-corrected chi connectivity index (χ2v) is 8.21. The SMILES string of the molecule is COc1ccc(-c2cnc3nc(N)nc(N4CCN(c5ccc(C)cc5)CC4)c3n2)cc1OC.Cl.Cl.Cl. The molecule has 2 N–H and O–H groups in total. The molecule has 9 nitrogen and oxygen atoms in total. The predicted octanol–water partition coefficient (Wildman–Crippen LogP) is 4.59. The van der Waals surface area contributed by atoms with Crippen molar-refractivity contribution in [3.8, 4) is 22.8 Å². The van der Waals surface area contributed by atoms with Crippen molar-refractivity contribution < 1.29 is 9.47 Å². The summed E-state index contributed by atoms with van der Waals surface area (Å²) >= 11 is 0. The Labute approximate surface area is 234 Å². The molecule has 5 rings (SSSR count). The number of nitrogens with zero attached hydrogens (tertiary/aromatic N) is 6. The molecule has 1 saturated heterocycles. The van der Waals surface area contributed by atoms with Crippen LogP contribution in [-0.2, 0) is 0 Å². The fourth-order valence-electron chi connectivity index (χ4n) is 4.20. The van der Waals surface area contributed by atoms with Crippen molar-refractivity contribution in [3.05, 3.63) is 54.2 Å². The average Bonchev–Trinajstić information content (AvgIpc) is 2.88. The van der Waals surface area contributed by atoms with E-state index in [1.807, 2.05) is 18.2 Å². The maximum atomic E-state index is 6.03. The largest absolute Gasteiger partial charge is 0.493 e. The Balaban J connectivity index is 0.00000160. The molecule has 0 bridgehead atoms. The minimum atomic E-state index is 0. The Kier molecular flexibility index (Phi) is 10.4. The molecule has 12 heteroatoms. The number of ether oxygens (including phenoxy) is 2. The number of aromatic nitrogens is 4. The number of nitrogen functional groups attached to an aromatic ring is 1. The Hall–Kier alpha value is -3.27. The number of anilines is 3. The molecule has 0 atom stereocenters. The predicted molar refractivity (Wildman–Crippen MR) is 155 cm³/mol. The summed E-state index contributed by atoms with van der Waals surface area (Å²) in [5.41, 5.74) is 11.2. The first-order valence-electron chi connectivity index (χ1n) is 11.1. The lowest BCUT2D eigenvalue weighted by Crippen LogP contribution is -2.47. The van der Waals surface area contributed by atoms with E-state index in [9.17, 15) is 0 Å². The molecular weight excluding hydrogens is 537 g/mol. The zero-order chi connectivity index (χ0) is 23.7. The van der Waals surface area contributed by atoms with Gasteiger partial charge in [0.2, 0.25) is 5.95 Å². The van der Waals surface area contributed by atoms with Crippen LogP contribution in [-0.4, -0.2) is 60.3 Å². The fraction of sp³-hybridized carbons (Fsp3) is 0.280. The molecule has 0 unspecified atom stereocenters. The van der Waals surface area contributed by atoms with Crippen molar-refractivity contribution >= 4 is 65.8 Å². The van der Waals surface area contributed by atoms with E-state index in [1.165, 1.54) is 11.3 Å². The minimum Gasteiger partial charge on any atom is -0.493 e. The molecule has 0 spiro atoms. The van der Waals surface area contributed by atoms with Gasteiger partial charge in [-0.1, -0.05) is 17.7 Å². The summed E-state index contributed by atoms with van der Waals surface area (Å²) in [6.45, 7) is 5.43. The fourth-order valence-corrected chi connectivity index (χ4v) is 4.20. The number of hydrogen-bond donors (Lipinski definition) is 1. The second-order valence-electron chi connectivity index (χ2n) is 8.21. The van der Waals surface area contributed by atoms with Gasteiger partial charge in [-0.3, -0.25) is 0 Å². The minimum absolute atomic E-state index is 0. The van der Waals surface area contributed by atoms with E-state index < -0.39 is 0 Å². The first kappa shape index (κ1) is 30.0. The Morgan fingerprint density at radius 1 is 0.784 bits per heavy atom. The Bertz CT molecular complexity index is 1330. The van der Waals surface area contributed by atoms with E-state index >= 15 is 0 Å². The van der Waals surface area contributed by atoms with Crippen molar-refractivity contribution in [2.75, 3.05) is 55.9 Å². The highest BCUT2D eigenvalue weighted by Gasteiger charge is 2.22. The zero-order valence-electron chi connectivity index (χ0n) is 20.7. The van der Waals surface area contributed by atoms with Crippen LogP contribution >= 0.6 is 37.2 Å². The third kappa shape index (κ3) is 6.18. The van der Waals surface area contributed by atoms with Gasteiger partial charge in [0.15, 0.2) is 28.5 Å². The van der Waals surface area contributed by atoms with Crippen LogP contribution in [0.2, 0.25) is 0 Å². The van der Waals surface area contributed by atoms with E-state index in [4.69, 9.17) is 20.2 Å². The summed E-state index contributed by atoms with van der Waals surface area (Å²) in [7, 11) is 3.22. The van der Waals surface area contributed by atoms with Crippen molar-refractivity contribution in [1.29, 1.82) is 0 Å². The molecular formula is C25H30Cl3N7O2. The van der Waals surface area contributed by atoms with Crippen LogP contribution in [0, 0.1) is 6.92 Å². The molecule has 4 aromatic rings. The number of methoxy groups -OCH3 is 2. The highest BCUT2D eigenvalue weighted by atomic mass is 35.5. The number of fused-ring (bicyclic) bond motifs is 1. The van der Waals surface area contributed by atoms with Gasteiger partial charge in [-0.2, -0.15) is 9.97 Å². The van der Waals surface area contributed by atoms with Gasteiger partial charge in [0.25, 0.3) is 0 Å². The van der Waals surface area contributed by atoms with E-state index in [0.29, 0.717) is 34.2 Å². The molecule has 1 fully saturated rings. The first-order chi connectivity index (χ1) is 16.6. The first-order valence-corrected chi connectivity index (χ1v) is 11.1. The smallest absolute Gasteiger partial charge is 0.224 e. The standard InChI is InChI=1S/C25H27N7O2.3ClH/c1-16-4-7-18(8-5-16)31-10-12-32(13-11-31)24-22-23(29-25(26)30-24)27-15-19(28-22)17-6-9-20(33-2)21(14-17)34-3;;;/h4-9,14-15H,10-13H2,1-3H3,(H2,26,27,29,30);3*1H. The van der Waals surface area contributed by atoms with Gasteiger partial charge in [0.05, 0.1) is 26.1 Å². The number of halogens is 3. The number of rotatable bonds is 5. The van der Waals surface area contributed by atoms with E-state index in [0.717, 1.165) is 31.7 Å². The molecule has 1 aliphatic rings. The van der Waals surface area contributed by atoms with Gasteiger partial charge in [0, 0.05) is 37.4 Å². The summed E-state index contributed by atoms with van der Waals surface area (Å²) in [6.07, 6.45) is 1.69. The van der Waals surface area contributed by atoms with Crippen LogP contribution in [0.3, 0.4) is 0 Å². The van der Waals surface area contributed by atoms with Crippen molar-refractivity contribution in [2.24, 2.45) is 0 Å². The quantitative estimate of drug-likeness (QED) is 0.372. The number of nitrogens with two attached hydrogens (primary N) is 1. The molecule has 198 valence electrons. The zero-order valence-corrected chi connectivity index (χ0v) is 23.2. The molecule has 0 amide bonds. The molecule has 37 heavy (non-hydrogen) atoms. The maximum Gasteiger partial charge on any atom is 0.224 e. The topological polar surface area (TPSA) is 103 Å². The molecule has 0 aliphatic carbocycles. The van der Waals surface area contributed by atoms with Gasteiger partial charge < -0.3 is 25.0 Å². The van der Waals surface area contributed by atoms with E-state index in [1.54, 1.807) is 20.4 Å². The summed E-state index contributed by atoms with van der Waals surface area (Å²) < 4.78 is 10.8. The second kappa shape index (κ2) is 12.8. The Morgan fingerprint density at radius 3 is 2.08 bits per heavy atom. The van der Waals surface area contributed by atoms with Crippen LogP contribution < -0.4 is 25.0 Å². The summed E-state index contributed by atoms with van der Waals surface area (Å²) in [5, 5.41) is 0. The third-order valence-electron chi connectivity index (χ3n) is 6.06. The van der Waals surface area contributed by atoms with Crippen molar-refractivity contribution in [1.82, 2.24) is 19.9 Å².